The highest BCUT2D eigenvalue weighted by molar-refractivity contribution is 5.87. The van der Waals surface area contributed by atoms with Gasteiger partial charge < -0.3 is 14.6 Å². The molecule has 118 valence electrons. The molecule has 0 spiro atoms. The molecule has 0 radical (unpaired) electrons. The summed E-state index contributed by atoms with van der Waals surface area (Å²) in [5, 5.41) is 9.09. The van der Waals surface area contributed by atoms with Crippen molar-refractivity contribution in [3.63, 3.8) is 0 Å². The lowest BCUT2D eigenvalue weighted by atomic mass is 9.95. The van der Waals surface area contributed by atoms with Crippen LogP contribution in [0.15, 0.2) is 29.8 Å². The molecule has 1 N–H and O–H groups in total. The van der Waals surface area contributed by atoms with Crippen molar-refractivity contribution in [2.75, 3.05) is 7.11 Å². The Morgan fingerprint density at radius 3 is 2.64 bits per heavy atom. The SMILES string of the molecule is COc1ccc(C2CC=C(C(=O)O)C2)cc1OC1CCCC1. The Hall–Kier alpha value is -1.97. The fraction of sp³-hybridized carbons (Fsp3) is 0.500. The Labute approximate surface area is 130 Å². The van der Waals surface area contributed by atoms with E-state index in [9.17, 15) is 4.79 Å². The number of hydrogen-bond donors (Lipinski definition) is 1. The first kappa shape index (κ1) is 14.9. The lowest BCUT2D eigenvalue weighted by molar-refractivity contribution is -0.132. The summed E-state index contributed by atoms with van der Waals surface area (Å²) in [5.74, 6) is 0.956. The minimum absolute atomic E-state index is 0.225. The van der Waals surface area contributed by atoms with Gasteiger partial charge in [-0.3, -0.25) is 0 Å². The Morgan fingerprint density at radius 1 is 1.23 bits per heavy atom. The average molecular weight is 302 g/mol. The zero-order valence-electron chi connectivity index (χ0n) is 12.9. The molecule has 22 heavy (non-hydrogen) atoms. The molecule has 0 saturated heterocycles. The maximum atomic E-state index is 11.1. The molecular formula is C18H22O4. The van der Waals surface area contributed by atoms with E-state index in [-0.39, 0.29) is 12.0 Å². The van der Waals surface area contributed by atoms with Crippen molar-refractivity contribution in [3.8, 4) is 11.5 Å². The van der Waals surface area contributed by atoms with Crippen molar-refractivity contribution in [2.45, 2.75) is 50.5 Å². The predicted octanol–water partition coefficient (Wildman–Crippen LogP) is 3.91. The monoisotopic (exact) mass is 302 g/mol. The van der Waals surface area contributed by atoms with Gasteiger partial charge in [-0.1, -0.05) is 12.1 Å². The highest BCUT2D eigenvalue weighted by Crippen LogP contribution is 2.39. The molecule has 1 atom stereocenters. The van der Waals surface area contributed by atoms with Gasteiger partial charge >= 0.3 is 5.97 Å². The topological polar surface area (TPSA) is 55.8 Å². The molecule has 0 heterocycles. The molecule has 1 aromatic rings. The van der Waals surface area contributed by atoms with Crippen molar-refractivity contribution < 1.29 is 19.4 Å². The van der Waals surface area contributed by atoms with Gasteiger partial charge in [0, 0.05) is 5.57 Å². The summed E-state index contributed by atoms with van der Waals surface area (Å²) in [6.07, 6.45) is 8.11. The summed E-state index contributed by atoms with van der Waals surface area (Å²) in [6, 6.07) is 5.97. The Kier molecular flexibility index (Phi) is 4.36. The quantitative estimate of drug-likeness (QED) is 0.896. The lowest BCUT2D eigenvalue weighted by Crippen LogP contribution is -2.12. The van der Waals surface area contributed by atoms with E-state index in [0.717, 1.165) is 36.3 Å². The maximum absolute atomic E-state index is 11.1. The number of carboxylic acid groups (broad SMARTS) is 1. The largest absolute Gasteiger partial charge is 0.493 e. The number of methoxy groups -OCH3 is 1. The number of carboxylic acids is 1. The molecule has 1 fully saturated rings. The molecule has 2 aliphatic carbocycles. The zero-order chi connectivity index (χ0) is 15.5. The minimum Gasteiger partial charge on any atom is -0.493 e. The molecule has 0 aliphatic heterocycles. The van der Waals surface area contributed by atoms with E-state index in [1.54, 1.807) is 7.11 Å². The Morgan fingerprint density at radius 2 is 2.00 bits per heavy atom. The van der Waals surface area contributed by atoms with Crippen LogP contribution in [0.1, 0.15) is 50.0 Å². The van der Waals surface area contributed by atoms with E-state index in [1.165, 1.54) is 12.8 Å². The van der Waals surface area contributed by atoms with Crippen LogP contribution in [0.5, 0.6) is 11.5 Å². The summed E-state index contributed by atoms with van der Waals surface area (Å²) < 4.78 is 11.5. The third-order valence-corrected chi connectivity index (χ3v) is 4.64. The third-order valence-electron chi connectivity index (χ3n) is 4.64. The summed E-state index contributed by atoms with van der Waals surface area (Å²) in [4.78, 5) is 11.1. The number of rotatable bonds is 5. The van der Waals surface area contributed by atoms with Gasteiger partial charge in [-0.05, 0) is 62.1 Å². The van der Waals surface area contributed by atoms with Gasteiger partial charge in [0.05, 0.1) is 13.2 Å². The molecule has 4 nitrogen and oxygen atoms in total. The second-order valence-electron chi connectivity index (χ2n) is 6.11. The predicted molar refractivity (Wildman–Crippen MR) is 83.6 cm³/mol. The number of aliphatic carboxylic acids is 1. The van der Waals surface area contributed by atoms with E-state index < -0.39 is 5.97 Å². The number of allylic oxidation sites excluding steroid dienone is 1. The van der Waals surface area contributed by atoms with E-state index in [2.05, 4.69) is 0 Å². The summed E-state index contributed by atoms with van der Waals surface area (Å²) in [6.45, 7) is 0. The van der Waals surface area contributed by atoms with Gasteiger partial charge in [0.25, 0.3) is 0 Å². The Balaban J connectivity index is 1.77. The van der Waals surface area contributed by atoms with Crippen LogP contribution in [0.25, 0.3) is 0 Å². The smallest absolute Gasteiger partial charge is 0.331 e. The normalized spacial score (nSPS) is 21.7. The summed E-state index contributed by atoms with van der Waals surface area (Å²) in [7, 11) is 1.65. The van der Waals surface area contributed by atoms with Crippen LogP contribution in [0.2, 0.25) is 0 Å². The summed E-state index contributed by atoms with van der Waals surface area (Å²) >= 11 is 0. The fourth-order valence-electron chi connectivity index (χ4n) is 3.37. The third kappa shape index (κ3) is 3.11. The first-order valence-corrected chi connectivity index (χ1v) is 7.94. The average Bonchev–Trinajstić information content (AvgIpc) is 3.18. The molecule has 0 amide bonds. The molecule has 0 aromatic heterocycles. The molecule has 2 aliphatic rings. The van der Waals surface area contributed by atoms with Crippen LogP contribution < -0.4 is 9.47 Å². The number of benzene rings is 1. The van der Waals surface area contributed by atoms with Gasteiger partial charge in [-0.15, -0.1) is 0 Å². The van der Waals surface area contributed by atoms with Gasteiger partial charge in [0.15, 0.2) is 11.5 Å². The molecule has 1 unspecified atom stereocenters. The number of carbonyl (C=O) groups is 1. The van der Waals surface area contributed by atoms with Gasteiger partial charge in [0.1, 0.15) is 0 Å². The second kappa shape index (κ2) is 6.42. The minimum atomic E-state index is -0.807. The first-order chi connectivity index (χ1) is 10.7. The summed E-state index contributed by atoms with van der Waals surface area (Å²) in [5.41, 5.74) is 1.64. The Bertz CT molecular complexity index is 585. The molecule has 4 heteroatoms. The van der Waals surface area contributed by atoms with Crippen LogP contribution in [-0.2, 0) is 4.79 Å². The van der Waals surface area contributed by atoms with E-state index in [1.807, 2.05) is 24.3 Å². The first-order valence-electron chi connectivity index (χ1n) is 7.94. The van der Waals surface area contributed by atoms with E-state index in [0.29, 0.717) is 12.0 Å². The molecule has 0 bridgehead atoms. The van der Waals surface area contributed by atoms with Crippen LogP contribution in [0.3, 0.4) is 0 Å². The van der Waals surface area contributed by atoms with Crippen molar-refractivity contribution in [1.29, 1.82) is 0 Å². The van der Waals surface area contributed by atoms with Gasteiger partial charge in [-0.25, -0.2) is 4.79 Å². The molecule has 3 rings (SSSR count). The molecule has 1 aromatic carbocycles. The van der Waals surface area contributed by atoms with Crippen molar-refractivity contribution in [2.24, 2.45) is 0 Å². The maximum Gasteiger partial charge on any atom is 0.331 e. The second-order valence-corrected chi connectivity index (χ2v) is 6.11. The van der Waals surface area contributed by atoms with Gasteiger partial charge in [-0.2, -0.15) is 0 Å². The molecular weight excluding hydrogens is 280 g/mol. The zero-order valence-corrected chi connectivity index (χ0v) is 12.9. The van der Waals surface area contributed by atoms with Crippen molar-refractivity contribution >= 4 is 5.97 Å². The van der Waals surface area contributed by atoms with Crippen LogP contribution in [0.4, 0.5) is 0 Å². The standard InChI is InChI=1S/C18H22O4/c1-21-16-9-8-13(12-6-7-14(10-12)18(19)20)11-17(16)22-15-4-2-3-5-15/h7-9,11-12,15H,2-6,10H2,1H3,(H,19,20). The number of hydrogen-bond acceptors (Lipinski definition) is 3. The highest BCUT2D eigenvalue weighted by atomic mass is 16.5. The van der Waals surface area contributed by atoms with E-state index in [4.69, 9.17) is 14.6 Å². The fourth-order valence-corrected chi connectivity index (χ4v) is 3.37. The van der Waals surface area contributed by atoms with Crippen LogP contribution >= 0.6 is 0 Å². The van der Waals surface area contributed by atoms with Crippen molar-refractivity contribution in [1.82, 2.24) is 0 Å². The van der Waals surface area contributed by atoms with Crippen LogP contribution in [-0.4, -0.2) is 24.3 Å². The molecule has 1 saturated carbocycles. The van der Waals surface area contributed by atoms with E-state index >= 15 is 0 Å². The lowest BCUT2D eigenvalue weighted by Gasteiger charge is -2.18. The number of ether oxygens (including phenoxy) is 2. The highest BCUT2D eigenvalue weighted by Gasteiger charge is 2.24. The van der Waals surface area contributed by atoms with Crippen LogP contribution in [0, 0.1) is 0 Å². The van der Waals surface area contributed by atoms with Crippen molar-refractivity contribution in [3.05, 3.63) is 35.4 Å². The van der Waals surface area contributed by atoms with Gasteiger partial charge in [0.2, 0.25) is 0 Å².